The van der Waals surface area contributed by atoms with E-state index in [1.807, 2.05) is 19.1 Å². The highest BCUT2D eigenvalue weighted by atomic mass is 16.3. The molecule has 4 heteroatoms. The lowest BCUT2D eigenvalue weighted by molar-refractivity contribution is 0.472. The van der Waals surface area contributed by atoms with Crippen LogP contribution in [0.5, 0.6) is 5.75 Å². The summed E-state index contributed by atoms with van der Waals surface area (Å²) < 4.78 is 0. The van der Waals surface area contributed by atoms with Crippen LogP contribution in [0.25, 0.3) is 0 Å². The molecule has 0 saturated heterocycles. The Kier molecular flexibility index (Phi) is 3.44. The zero-order valence-electron chi connectivity index (χ0n) is 10.0. The van der Waals surface area contributed by atoms with E-state index in [0.717, 1.165) is 16.9 Å². The SMILES string of the molecule is Cc1ccc(C#N)cc1NCc1ccc(O)cn1. The molecule has 0 bridgehead atoms. The lowest BCUT2D eigenvalue weighted by Gasteiger charge is -2.09. The number of rotatable bonds is 3. The first-order valence-electron chi connectivity index (χ1n) is 5.57. The summed E-state index contributed by atoms with van der Waals surface area (Å²) in [5, 5.41) is 21.2. The van der Waals surface area contributed by atoms with E-state index in [4.69, 9.17) is 10.4 Å². The Morgan fingerprint density at radius 2 is 2.17 bits per heavy atom. The van der Waals surface area contributed by atoms with Gasteiger partial charge in [0, 0.05) is 5.69 Å². The van der Waals surface area contributed by atoms with Gasteiger partial charge in [0.2, 0.25) is 0 Å². The second-order valence-electron chi connectivity index (χ2n) is 4.00. The average Bonchev–Trinajstić information content (AvgIpc) is 2.40. The van der Waals surface area contributed by atoms with Crippen LogP contribution in [0.1, 0.15) is 16.8 Å². The number of aryl methyl sites for hydroxylation is 1. The van der Waals surface area contributed by atoms with Crippen LogP contribution >= 0.6 is 0 Å². The van der Waals surface area contributed by atoms with Crippen LogP contribution in [-0.4, -0.2) is 10.1 Å². The number of nitrogens with zero attached hydrogens (tertiary/aromatic N) is 2. The van der Waals surface area contributed by atoms with Gasteiger partial charge < -0.3 is 10.4 Å². The maximum atomic E-state index is 9.14. The summed E-state index contributed by atoms with van der Waals surface area (Å²) in [6.45, 7) is 2.53. The van der Waals surface area contributed by atoms with Crippen LogP contribution in [-0.2, 0) is 6.54 Å². The predicted molar refractivity (Wildman–Crippen MR) is 69.1 cm³/mol. The molecule has 0 amide bonds. The number of hydrogen-bond acceptors (Lipinski definition) is 4. The van der Waals surface area contributed by atoms with Gasteiger partial charge in [-0.15, -0.1) is 0 Å². The van der Waals surface area contributed by atoms with E-state index in [-0.39, 0.29) is 5.75 Å². The molecule has 0 fully saturated rings. The van der Waals surface area contributed by atoms with Gasteiger partial charge in [0.05, 0.1) is 30.1 Å². The predicted octanol–water partition coefficient (Wildman–Crippen LogP) is 2.58. The van der Waals surface area contributed by atoms with E-state index in [2.05, 4.69) is 16.4 Å². The van der Waals surface area contributed by atoms with Crippen molar-refractivity contribution in [1.82, 2.24) is 4.98 Å². The maximum Gasteiger partial charge on any atom is 0.133 e. The standard InChI is InChI=1S/C14H13N3O/c1-10-2-3-11(7-15)6-14(10)17-8-12-4-5-13(18)9-16-12/h2-6,9,17-18H,8H2,1H3. The van der Waals surface area contributed by atoms with Crippen LogP contribution in [0.15, 0.2) is 36.5 Å². The minimum atomic E-state index is 0.154. The lowest BCUT2D eigenvalue weighted by Crippen LogP contribution is -2.02. The van der Waals surface area contributed by atoms with Crippen LogP contribution < -0.4 is 5.32 Å². The van der Waals surface area contributed by atoms with E-state index in [1.54, 1.807) is 18.2 Å². The molecule has 0 radical (unpaired) electrons. The molecule has 2 N–H and O–H groups in total. The number of benzene rings is 1. The maximum absolute atomic E-state index is 9.14. The zero-order chi connectivity index (χ0) is 13.0. The molecule has 1 aromatic carbocycles. The molecule has 0 atom stereocenters. The molecule has 1 heterocycles. The minimum absolute atomic E-state index is 0.154. The van der Waals surface area contributed by atoms with Gasteiger partial charge in [-0.3, -0.25) is 4.98 Å². The Labute approximate surface area is 106 Å². The van der Waals surface area contributed by atoms with Gasteiger partial charge >= 0.3 is 0 Å². The molecular weight excluding hydrogens is 226 g/mol. The van der Waals surface area contributed by atoms with Gasteiger partial charge in [0.1, 0.15) is 5.75 Å². The second kappa shape index (κ2) is 5.19. The van der Waals surface area contributed by atoms with E-state index >= 15 is 0 Å². The largest absolute Gasteiger partial charge is 0.506 e. The Bertz CT molecular complexity index is 585. The van der Waals surface area contributed by atoms with Gasteiger partial charge in [-0.2, -0.15) is 5.26 Å². The number of pyridine rings is 1. The molecule has 0 spiro atoms. The first-order valence-corrected chi connectivity index (χ1v) is 5.57. The Balaban J connectivity index is 2.10. The van der Waals surface area contributed by atoms with E-state index in [9.17, 15) is 0 Å². The molecule has 2 rings (SSSR count). The van der Waals surface area contributed by atoms with Crippen LogP contribution in [0.2, 0.25) is 0 Å². The van der Waals surface area contributed by atoms with Gasteiger partial charge in [-0.1, -0.05) is 6.07 Å². The lowest BCUT2D eigenvalue weighted by atomic mass is 10.1. The summed E-state index contributed by atoms with van der Waals surface area (Å²) in [6.07, 6.45) is 1.41. The fourth-order valence-corrected chi connectivity index (χ4v) is 1.59. The van der Waals surface area contributed by atoms with Crippen molar-refractivity contribution in [2.45, 2.75) is 13.5 Å². The number of anilines is 1. The number of hydrogen-bond donors (Lipinski definition) is 2. The minimum Gasteiger partial charge on any atom is -0.506 e. The van der Waals surface area contributed by atoms with E-state index in [1.165, 1.54) is 6.20 Å². The molecular formula is C14H13N3O. The van der Waals surface area contributed by atoms with Crippen molar-refractivity contribution in [3.05, 3.63) is 53.3 Å². The summed E-state index contributed by atoms with van der Waals surface area (Å²) >= 11 is 0. The number of nitriles is 1. The summed E-state index contributed by atoms with van der Waals surface area (Å²) in [5.41, 5.74) is 3.45. The highest BCUT2D eigenvalue weighted by molar-refractivity contribution is 5.55. The zero-order valence-corrected chi connectivity index (χ0v) is 10.0. The highest BCUT2D eigenvalue weighted by Gasteiger charge is 2.01. The molecule has 18 heavy (non-hydrogen) atoms. The molecule has 4 nitrogen and oxygen atoms in total. The third kappa shape index (κ3) is 2.77. The van der Waals surface area contributed by atoms with Gasteiger partial charge in [-0.25, -0.2) is 0 Å². The third-order valence-electron chi connectivity index (χ3n) is 2.64. The van der Waals surface area contributed by atoms with Gasteiger partial charge in [0.15, 0.2) is 0 Å². The number of nitrogens with one attached hydrogen (secondary N) is 1. The first-order chi connectivity index (χ1) is 8.69. The van der Waals surface area contributed by atoms with Crippen LogP contribution in [0.4, 0.5) is 5.69 Å². The van der Waals surface area contributed by atoms with Crippen molar-refractivity contribution < 1.29 is 5.11 Å². The van der Waals surface area contributed by atoms with Crippen LogP contribution in [0, 0.1) is 18.3 Å². The highest BCUT2D eigenvalue weighted by Crippen LogP contribution is 2.17. The van der Waals surface area contributed by atoms with Crippen molar-refractivity contribution in [2.75, 3.05) is 5.32 Å². The van der Waals surface area contributed by atoms with Crippen molar-refractivity contribution in [3.63, 3.8) is 0 Å². The van der Waals surface area contributed by atoms with Gasteiger partial charge in [0.25, 0.3) is 0 Å². The molecule has 1 aromatic heterocycles. The van der Waals surface area contributed by atoms with Crippen molar-refractivity contribution in [1.29, 1.82) is 5.26 Å². The Morgan fingerprint density at radius 1 is 1.33 bits per heavy atom. The van der Waals surface area contributed by atoms with Crippen molar-refractivity contribution in [2.24, 2.45) is 0 Å². The van der Waals surface area contributed by atoms with Crippen molar-refractivity contribution >= 4 is 5.69 Å². The van der Waals surface area contributed by atoms with E-state index < -0.39 is 0 Å². The molecule has 0 aliphatic rings. The topological polar surface area (TPSA) is 68.9 Å². The third-order valence-corrected chi connectivity index (χ3v) is 2.64. The number of aromatic nitrogens is 1. The molecule has 0 aliphatic carbocycles. The van der Waals surface area contributed by atoms with Crippen LogP contribution in [0.3, 0.4) is 0 Å². The molecule has 0 saturated carbocycles. The second-order valence-corrected chi connectivity index (χ2v) is 4.00. The van der Waals surface area contributed by atoms with Crippen molar-refractivity contribution in [3.8, 4) is 11.8 Å². The fourth-order valence-electron chi connectivity index (χ4n) is 1.59. The average molecular weight is 239 g/mol. The number of aromatic hydroxyl groups is 1. The summed E-state index contributed by atoms with van der Waals surface area (Å²) in [7, 11) is 0. The Morgan fingerprint density at radius 3 is 2.83 bits per heavy atom. The monoisotopic (exact) mass is 239 g/mol. The normalized spacial score (nSPS) is 9.78. The molecule has 2 aromatic rings. The summed E-state index contributed by atoms with van der Waals surface area (Å²) in [5.74, 6) is 0.154. The molecule has 0 aliphatic heterocycles. The quantitative estimate of drug-likeness (QED) is 0.863. The Hall–Kier alpha value is -2.54. The molecule has 90 valence electrons. The summed E-state index contributed by atoms with van der Waals surface area (Å²) in [4.78, 5) is 4.09. The van der Waals surface area contributed by atoms with E-state index in [0.29, 0.717) is 12.1 Å². The van der Waals surface area contributed by atoms with Gasteiger partial charge in [-0.05, 0) is 36.8 Å². The first kappa shape index (κ1) is 11.9. The smallest absolute Gasteiger partial charge is 0.133 e. The summed E-state index contributed by atoms with van der Waals surface area (Å²) in [6, 6.07) is 11.0. The molecule has 0 unspecified atom stereocenters. The fraction of sp³-hybridized carbons (Fsp3) is 0.143.